The van der Waals surface area contributed by atoms with E-state index in [9.17, 15) is 9.59 Å². The van der Waals surface area contributed by atoms with Crippen molar-refractivity contribution in [1.82, 2.24) is 20.4 Å². The smallest absolute Gasteiger partial charge is 0.409 e. The van der Waals surface area contributed by atoms with Crippen LogP contribution in [0.1, 0.15) is 24.6 Å². The van der Waals surface area contributed by atoms with E-state index in [0.29, 0.717) is 32.2 Å². The van der Waals surface area contributed by atoms with Crippen LogP contribution < -0.4 is 10.6 Å². The second-order valence-corrected chi connectivity index (χ2v) is 7.52. The van der Waals surface area contributed by atoms with Gasteiger partial charge in [-0.15, -0.1) is 11.3 Å². The van der Waals surface area contributed by atoms with Crippen LogP contribution >= 0.6 is 11.3 Å². The number of rotatable bonds is 6. The third-order valence-corrected chi connectivity index (χ3v) is 5.12. The van der Waals surface area contributed by atoms with Gasteiger partial charge in [-0.3, -0.25) is 4.79 Å². The molecule has 0 aliphatic carbocycles. The number of guanidine groups is 1. The molecule has 2 heterocycles. The minimum Gasteiger partial charge on any atom is -0.450 e. The predicted octanol–water partition coefficient (Wildman–Crippen LogP) is 1.49. The number of hydrogen-bond acceptors (Lipinski definition) is 5. The lowest BCUT2D eigenvalue weighted by molar-refractivity contribution is -0.127. The molecule has 8 nitrogen and oxygen atoms in total. The highest BCUT2D eigenvalue weighted by atomic mass is 32.1. The van der Waals surface area contributed by atoms with Gasteiger partial charge < -0.3 is 25.2 Å². The lowest BCUT2D eigenvalue weighted by Crippen LogP contribution is -2.50. The summed E-state index contributed by atoms with van der Waals surface area (Å²) >= 11 is 1.67. The third kappa shape index (κ3) is 7.09. The van der Waals surface area contributed by atoms with Crippen molar-refractivity contribution >= 4 is 29.3 Å². The average molecular weight is 396 g/mol. The molecule has 1 aromatic rings. The molecular formula is C18H29N5O3S. The molecule has 150 valence electrons. The van der Waals surface area contributed by atoms with E-state index in [1.54, 1.807) is 30.3 Å². The lowest BCUT2D eigenvalue weighted by atomic mass is 10.1. The number of carbonyl (C=O) groups is 2. The Bertz CT molecular complexity index is 625. The van der Waals surface area contributed by atoms with E-state index in [-0.39, 0.29) is 24.6 Å². The third-order valence-electron chi connectivity index (χ3n) is 4.24. The summed E-state index contributed by atoms with van der Waals surface area (Å²) in [5.74, 6) is 0.567. The molecule has 0 saturated carbocycles. The lowest BCUT2D eigenvalue weighted by Gasteiger charge is -2.32. The van der Waals surface area contributed by atoms with Crippen LogP contribution in [0.25, 0.3) is 0 Å². The summed E-state index contributed by atoms with van der Waals surface area (Å²) in [5, 5.41) is 8.72. The summed E-state index contributed by atoms with van der Waals surface area (Å²) in [6.07, 6.45) is 1.36. The first-order valence-electron chi connectivity index (χ1n) is 9.18. The van der Waals surface area contributed by atoms with Gasteiger partial charge in [-0.1, -0.05) is 6.07 Å². The maximum absolute atomic E-state index is 11.9. The number of aliphatic imine (C=N–C) groups is 1. The Labute approximate surface area is 164 Å². The Morgan fingerprint density at radius 3 is 2.70 bits per heavy atom. The van der Waals surface area contributed by atoms with Gasteiger partial charge in [-0.05, 0) is 31.2 Å². The van der Waals surface area contributed by atoms with E-state index in [1.807, 2.05) is 18.4 Å². The zero-order chi connectivity index (χ0) is 19.6. The fourth-order valence-corrected chi connectivity index (χ4v) is 3.28. The van der Waals surface area contributed by atoms with Gasteiger partial charge in [-0.25, -0.2) is 9.79 Å². The number of amides is 2. The monoisotopic (exact) mass is 395 g/mol. The molecule has 2 N–H and O–H groups in total. The molecule has 0 aromatic carbocycles. The summed E-state index contributed by atoms with van der Waals surface area (Å²) < 4.78 is 5.05. The highest BCUT2D eigenvalue weighted by Crippen LogP contribution is 2.12. The van der Waals surface area contributed by atoms with Crippen molar-refractivity contribution in [3.05, 3.63) is 22.4 Å². The second-order valence-electron chi connectivity index (χ2n) is 6.49. The number of likely N-dealkylation sites (N-methyl/N-ethyl adjacent to an activating group) is 1. The molecule has 0 bridgehead atoms. The van der Waals surface area contributed by atoms with Gasteiger partial charge in [-0.2, -0.15) is 0 Å². The Kier molecular flexibility index (Phi) is 8.38. The molecule has 0 spiro atoms. The number of likely N-dealkylation sites (tertiary alicyclic amines) is 1. The largest absolute Gasteiger partial charge is 0.450 e. The maximum atomic E-state index is 11.9. The van der Waals surface area contributed by atoms with E-state index in [2.05, 4.69) is 21.7 Å². The van der Waals surface area contributed by atoms with Crippen molar-refractivity contribution < 1.29 is 14.3 Å². The van der Waals surface area contributed by atoms with Crippen LogP contribution in [0.4, 0.5) is 4.79 Å². The molecule has 1 aromatic heterocycles. The van der Waals surface area contributed by atoms with Gasteiger partial charge in [0.05, 0.1) is 13.2 Å². The Hall–Kier alpha value is -2.29. The number of thiophene rings is 1. The number of hydrogen-bond donors (Lipinski definition) is 2. The number of nitrogens with one attached hydrogen (secondary N) is 2. The first-order chi connectivity index (χ1) is 13.0. The van der Waals surface area contributed by atoms with Gasteiger partial charge in [0, 0.05) is 38.1 Å². The minimum absolute atomic E-state index is 0.0515. The predicted molar refractivity (Wildman–Crippen MR) is 107 cm³/mol. The first kappa shape index (κ1) is 21.0. The fraction of sp³-hybridized carbons (Fsp3) is 0.611. The molecule has 0 radical (unpaired) electrons. The molecule has 27 heavy (non-hydrogen) atoms. The Balaban J connectivity index is 1.90. The van der Waals surface area contributed by atoms with Crippen LogP contribution in [0.5, 0.6) is 0 Å². The molecule has 9 heteroatoms. The van der Waals surface area contributed by atoms with Crippen molar-refractivity contribution in [1.29, 1.82) is 0 Å². The van der Waals surface area contributed by atoms with E-state index >= 15 is 0 Å². The highest BCUT2D eigenvalue weighted by molar-refractivity contribution is 7.09. The Morgan fingerprint density at radius 2 is 2.11 bits per heavy atom. The highest BCUT2D eigenvalue weighted by Gasteiger charge is 2.24. The molecule has 1 saturated heterocycles. The van der Waals surface area contributed by atoms with Crippen LogP contribution in [0.15, 0.2) is 22.5 Å². The van der Waals surface area contributed by atoms with Crippen LogP contribution in [0, 0.1) is 0 Å². The van der Waals surface area contributed by atoms with Gasteiger partial charge in [0.25, 0.3) is 0 Å². The van der Waals surface area contributed by atoms with Gasteiger partial charge in [0.1, 0.15) is 6.54 Å². The van der Waals surface area contributed by atoms with E-state index in [4.69, 9.17) is 4.74 Å². The van der Waals surface area contributed by atoms with E-state index < -0.39 is 0 Å². The second kappa shape index (κ2) is 10.8. The van der Waals surface area contributed by atoms with Gasteiger partial charge in [0.15, 0.2) is 5.96 Å². The van der Waals surface area contributed by atoms with Gasteiger partial charge in [0.2, 0.25) is 5.91 Å². The number of ether oxygens (including phenoxy) is 1. The van der Waals surface area contributed by atoms with E-state index in [1.165, 1.54) is 9.78 Å². The zero-order valence-electron chi connectivity index (χ0n) is 16.2. The van der Waals surface area contributed by atoms with Crippen molar-refractivity contribution in [3.63, 3.8) is 0 Å². The molecule has 1 aliphatic heterocycles. The summed E-state index contributed by atoms with van der Waals surface area (Å²) in [5.41, 5.74) is 0. The van der Waals surface area contributed by atoms with E-state index in [0.717, 1.165) is 12.8 Å². The molecule has 0 atom stereocenters. The standard InChI is InChI=1S/C18H29N5O3S/c1-4-26-18(25)23-9-7-14(8-10-23)21-17(20-13-16(24)22(2)3)19-12-15-6-5-11-27-15/h5-6,11,14H,4,7-10,12-13H2,1-3H3,(H2,19,20,21). The van der Waals surface area contributed by atoms with Gasteiger partial charge >= 0.3 is 6.09 Å². The topological polar surface area (TPSA) is 86.3 Å². The van der Waals surface area contributed by atoms with Crippen molar-refractivity contribution in [2.24, 2.45) is 4.99 Å². The summed E-state index contributed by atoms with van der Waals surface area (Å²) in [4.78, 5) is 32.5. The first-order valence-corrected chi connectivity index (χ1v) is 10.1. The molecule has 0 unspecified atom stereocenters. The Morgan fingerprint density at radius 1 is 1.37 bits per heavy atom. The number of piperidine rings is 1. The maximum Gasteiger partial charge on any atom is 0.409 e. The molecule has 1 fully saturated rings. The average Bonchev–Trinajstić information content (AvgIpc) is 3.18. The fourth-order valence-electron chi connectivity index (χ4n) is 2.64. The van der Waals surface area contributed by atoms with Crippen LogP contribution in [0.2, 0.25) is 0 Å². The summed E-state index contributed by atoms with van der Waals surface area (Å²) in [7, 11) is 3.43. The minimum atomic E-state index is -0.253. The SMILES string of the molecule is CCOC(=O)N1CCC(NC(=NCC(=O)N(C)C)NCc2cccs2)CC1. The van der Waals surface area contributed by atoms with Crippen LogP contribution in [-0.4, -0.2) is 74.1 Å². The molecule has 1 aliphatic rings. The quantitative estimate of drug-likeness (QED) is 0.563. The number of nitrogens with zero attached hydrogens (tertiary/aromatic N) is 3. The van der Waals surface area contributed by atoms with Crippen molar-refractivity contribution in [3.8, 4) is 0 Å². The normalized spacial score (nSPS) is 15.4. The molecule has 2 rings (SSSR count). The van der Waals surface area contributed by atoms with Crippen LogP contribution in [-0.2, 0) is 16.1 Å². The molecular weight excluding hydrogens is 366 g/mol. The number of carbonyl (C=O) groups excluding carboxylic acids is 2. The van der Waals surface area contributed by atoms with Crippen molar-refractivity contribution in [2.45, 2.75) is 32.4 Å². The summed E-state index contributed by atoms with van der Waals surface area (Å²) in [6, 6.07) is 4.25. The van der Waals surface area contributed by atoms with Crippen molar-refractivity contribution in [2.75, 3.05) is 40.3 Å². The molecule has 2 amide bonds. The summed E-state index contributed by atoms with van der Waals surface area (Å²) in [6.45, 7) is 4.23. The zero-order valence-corrected chi connectivity index (χ0v) is 17.1. The van der Waals surface area contributed by atoms with Crippen LogP contribution in [0.3, 0.4) is 0 Å².